The monoisotopic (exact) mass is 387 g/mol. The van der Waals surface area contributed by atoms with Gasteiger partial charge in [0.15, 0.2) is 18.3 Å². The normalized spacial score (nSPS) is 25.4. The first-order chi connectivity index (χ1) is 12.6. The molecule has 1 fully saturated rings. The zero-order valence-corrected chi connectivity index (χ0v) is 16.6. The molecule has 0 aromatic heterocycles. The molecule has 0 unspecified atom stereocenters. The Kier molecular flexibility index (Phi) is 9.20. The van der Waals surface area contributed by atoms with Gasteiger partial charge in [-0.25, -0.2) is 0 Å². The Morgan fingerprint density at radius 1 is 0.852 bits per heavy atom. The highest BCUT2D eigenvalue weighted by molar-refractivity contribution is 5.68. The second-order valence-electron chi connectivity index (χ2n) is 6.51. The molecule has 9 nitrogen and oxygen atoms in total. The van der Waals surface area contributed by atoms with E-state index in [0.717, 1.165) is 12.8 Å². The van der Waals surface area contributed by atoms with Crippen molar-refractivity contribution in [3.63, 3.8) is 0 Å². The van der Waals surface area contributed by atoms with Crippen LogP contribution in [0, 0.1) is 0 Å². The van der Waals surface area contributed by atoms with Gasteiger partial charge in [0.1, 0.15) is 6.61 Å². The van der Waals surface area contributed by atoms with Crippen LogP contribution in [-0.4, -0.2) is 72.8 Å². The van der Waals surface area contributed by atoms with Gasteiger partial charge in [0, 0.05) is 34.2 Å². The van der Waals surface area contributed by atoms with Gasteiger partial charge in [-0.3, -0.25) is 24.1 Å². The third kappa shape index (κ3) is 7.54. The van der Waals surface area contributed by atoms with Crippen LogP contribution in [0.15, 0.2) is 0 Å². The highest BCUT2D eigenvalue weighted by Crippen LogP contribution is 2.27. The minimum atomic E-state index is -0.992. The van der Waals surface area contributed by atoms with E-state index in [9.17, 15) is 19.2 Å². The molecule has 27 heavy (non-hydrogen) atoms. The fourth-order valence-electron chi connectivity index (χ4n) is 3.12. The molecule has 0 spiro atoms. The van der Waals surface area contributed by atoms with Crippen molar-refractivity contribution in [2.24, 2.45) is 0 Å². The first kappa shape index (κ1) is 22.9. The van der Waals surface area contributed by atoms with Gasteiger partial charge in [-0.1, -0.05) is 13.3 Å². The number of esters is 4. The smallest absolute Gasteiger partial charge is 0.303 e. The summed E-state index contributed by atoms with van der Waals surface area (Å²) in [5.74, 6) is -2.18. The largest absolute Gasteiger partial charge is 0.464 e. The van der Waals surface area contributed by atoms with Gasteiger partial charge >= 0.3 is 23.9 Å². The van der Waals surface area contributed by atoms with E-state index in [-0.39, 0.29) is 13.2 Å². The number of hydrogen-bond acceptors (Lipinski definition) is 9. The summed E-state index contributed by atoms with van der Waals surface area (Å²) in [4.78, 5) is 48.0. The predicted octanol–water partition coefficient (Wildman–Crippen LogP) is 0.829. The third-order valence-electron chi connectivity index (χ3n) is 4.13. The maximum atomic E-state index is 11.7. The fourth-order valence-corrected chi connectivity index (χ4v) is 3.12. The van der Waals surface area contributed by atoms with Crippen LogP contribution < -0.4 is 0 Å². The van der Waals surface area contributed by atoms with Crippen LogP contribution >= 0.6 is 0 Å². The van der Waals surface area contributed by atoms with Gasteiger partial charge in [0.2, 0.25) is 0 Å². The zero-order valence-electron chi connectivity index (χ0n) is 16.6. The molecular weight excluding hydrogens is 358 g/mol. The summed E-state index contributed by atoms with van der Waals surface area (Å²) < 4.78 is 21.3. The second-order valence-corrected chi connectivity index (χ2v) is 6.51. The molecule has 0 aromatic rings. The molecule has 1 aliphatic heterocycles. The highest BCUT2D eigenvalue weighted by atomic mass is 16.6. The highest BCUT2D eigenvalue weighted by Gasteiger charge is 2.49. The second kappa shape index (κ2) is 10.9. The lowest BCUT2D eigenvalue weighted by atomic mass is 9.93. The minimum Gasteiger partial charge on any atom is -0.464 e. The number of nitrogens with zero attached hydrogens (tertiary/aromatic N) is 1. The maximum absolute atomic E-state index is 11.7. The molecule has 154 valence electrons. The van der Waals surface area contributed by atoms with E-state index in [1.807, 2.05) is 11.8 Å². The topological polar surface area (TPSA) is 108 Å². The molecule has 1 saturated heterocycles. The van der Waals surface area contributed by atoms with Crippen LogP contribution in [0.4, 0.5) is 0 Å². The first-order valence-corrected chi connectivity index (χ1v) is 9.04. The molecule has 0 bridgehead atoms. The van der Waals surface area contributed by atoms with E-state index in [0.29, 0.717) is 6.54 Å². The van der Waals surface area contributed by atoms with Crippen LogP contribution in [0.1, 0.15) is 47.5 Å². The average Bonchev–Trinajstić information content (AvgIpc) is 2.53. The Morgan fingerprint density at radius 2 is 1.41 bits per heavy atom. The minimum absolute atomic E-state index is 0.0401. The Hall–Kier alpha value is -2.16. The molecule has 0 amide bonds. The number of carbonyl (C=O) groups is 4. The first-order valence-electron chi connectivity index (χ1n) is 9.04. The molecule has 1 aliphatic rings. The van der Waals surface area contributed by atoms with Crippen LogP contribution in [0.25, 0.3) is 0 Å². The standard InChI is InChI=1S/C18H29NO8/c1-6-7-8-19-9-16(25-12(3)21)18(27-14(5)23)17(26-13(4)22)15(19)10-24-11(2)20/h15-18H,6-10H2,1-5H3/t15-,16+,17-,18-/m1/s1. The Morgan fingerprint density at radius 3 is 1.89 bits per heavy atom. The molecular formula is C18H29NO8. The van der Waals surface area contributed by atoms with E-state index in [4.69, 9.17) is 18.9 Å². The van der Waals surface area contributed by atoms with Crippen molar-refractivity contribution < 1.29 is 38.1 Å². The molecule has 0 radical (unpaired) electrons. The third-order valence-corrected chi connectivity index (χ3v) is 4.13. The number of ether oxygens (including phenoxy) is 4. The molecule has 1 rings (SSSR count). The summed E-state index contributed by atoms with van der Waals surface area (Å²) in [5.41, 5.74) is 0. The molecule has 0 aliphatic carbocycles. The van der Waals surface area contributed by atoms with Gasteiger partial charge < -0.3 is 18.9 Å². The van der Waals surface area contributed by atoms with E-state index in [2.05, 4.69) is 0 Å². The number of carbonyl (C=O) groups excluding carboxylic acids is 4. The molecule has 0 aromatic carbocycles. The fraction of sp³-hybridized carbons (Fsp3) is 0.778. The lowest BCUT2D eigenvalue weighted by molar-refractivity contribution is -0.207. The number of rotatable bonds is 8. The molecule has 0 saturated carbocycles. The van der Waals surface area contributed by atoms with Crippen LogP contribution in [0.3, 0.4) is 0 Å². The van der Waals surface area contributed by atoms with Crippen molar-refractivity contribution in [1.29, 1.82) is 0 Å². The summed E-state index contributed by atoms with van der Waals surface area (Å²) >= 11 is 0. The van der Waals surface area contributed by atoms with Crippen molar-refractivity contribution >= 4 is 23.9 Å². The van der Waals surface area contributed by atoms with Crippen LogP contribution in [-0.2, 0) is 38.1 Å². The van der Waals surface area contributed by atoms with Crippen molar-refractivity contribution in [3.05, 3.63) is 0 Å². The Bertz CT molecular complexity index is 549. The Labute approximate surface area is 159 Å². The van der Waals surface area contributed by atoms with E-state index < -0.39 is 48.2 Å². The summed E-state index contributed by atoms with van der Waals surface area (Å²) in [6.07, 6.45) is -0.981. The zero-order chi connectivity index (χ0) is 20.6. The molecule has 9 heteroatoms. The Balaban J connectivity index is 3.23. The average molecular weight is 387 g/mol. The number of hydrogen-bond donors (Lipinski definition) is 0. The van der Waals surface area contributed by atoms with Gasteiger partial charge in [0.05, 0.1) is 6.04 Å². The van der Waals surface area contributed by atoms with Crippen LogP contribution in [0.2, 0.25) is 0 Å². The molecule has 4 atom stereocenters. The number of piperidine rings is 1. The summed E-state index contributed by atoms with van der Waals surface area (Å²) in [5, 5.41) is 0. The van der Waals surface area contributed by atoms with E-state index in [1.54, 1.807) is 0 Å². The van der Waals surface area contributed by atoms with Gasteiger partial charge in [-0.2, -0.15) is 0 Å². The molecule has 1 heterocycles. The summed E-state index contributed by atoms with van der Waals surface area (Å²) in [6.45, 7) is 7.87. The van der Waals surface area contributed by atoms with Gasteiger partial charge in [-0.15, -0.1) is 0 Å². The van der Waals surface area contributed by atoms with Crippen LogP contribution in [0.5, 0.6) is 0 Å². The number of likely N-dealkylation sites (tertiary alicyclic amines) is 1. The van der Waals surface area contributed by atoms with Gasteiger partial charge in [0.25, 0.3) is 0 Å². The van der Waals surface area contributed by atoms with E-state index in [1.165, 1.54) is 27.7 Å². The lowest BCUT2D eigenvalue weighted by Gasteiger charge is -2.46. The quantitative estimate of drug-likeness (QED) is 0.442. The predicted molar refractivity (Wildman–Crippen MR) is 93.6 cm³/mol. The van der Waals surface area contributed by atoms with Crippen molar-refractivity contribution in [2.45, 2.75) is 71.8 Å². The lowest BCUT2D eigenvalue weighted by Crippen LogP contribution is -2.65. The van der Waals surface area contributed by atoms with Crippen molar-refractivity contribution in [3.8, 4) is 0 Å². The van der Waals surface area contributed by atoms with E-state index >= 15 is 0 Å². The molecule has 0 N–H and O–H groups in total. The number of unbranched alkanes of at least 4 members (excludes halogenated alkanes) is 1. The summed E-state index contributed by atoms with van der Waals surface area (Å²) in [7, 11) is 0. The van der Waals surface area contributed by atoms with Crippen molar-refractivity contribution in [2.75, 3.05) is 19.7 Å². The summed E-state index contributed by atoms with van der Waals surface area (Å²) in [6, 6.07) is -0.527. The SMILES string of the molecule is CCCCN1C[C@H](OC(C)=O)[C@@H](OC(C)=O)[C@H](OC(C)=O)[C@H]1COC(C)=O. The van der Waals surface area contributed by atoms with Gasteiger partial charge in [-0.05, 0) is 13.0 Å². The maximum Gasteiger partial charge on any atom is 0.303 e. The van der Waals surface area contributed by atoms with Crippen molar-refractivity contribution in [1.82, 2.24) is 4.90 Å².